The van der Waals surface area contributed by atoms with Crippen molar-refractivity contribution in [1.82, 2.24) is 0 Å². The summed E-state index contributed by atoms with van der Waals surface area (Å²) in [4.78, 5) is 0. The molecular formula is C9H19NS. The van der Waals surface area contributed by atoms with E-state index in [9.17, 15) is 0 Å². The SMILES string of the molecule is NCC(S)CC1CCCCC1. The molecule has 0 radical (unpaired) electrons. The van der Waals surface area contributed by atoms with Gasteiger partial charge in [-0.1, -0.05) is 32.1 Å². The van der Waals surface area contributed by atoms with Crippen molar-refractivity contribution in [2.45, 2.75) is 43.8 Å². The van der Waals surface area contributed by atoms with E-state index >= 15 is 0 Å². The van der Waals surface area contributed by atoms with Crippen LogP contribution in [0.15, 0.2) is 0 Å². The van der Waals surface area contributed by atoms with E-state index in [-0.39, 0.29) is 0 Å². The summed E-state index contributed by atoms with van der Waals surface area (Å²) in [6.07, 6.45) is 8.36. The Balaban J connectivity index is 2.13. The molecule has 0 aromatic heterocycles. The van der Waals surface area contributed by atoms with Crippen LogP contribution in [0, 0.1) is 5.92 Å². The standard InChI is InChI=1S/C9H19NS/c10-7-9(11)6-8-4-2-1-3-5-8/h8-9,11H,1-7,10H2. The molecule has 0 spiro atoms. The monoisotopic (exact) mass is 173 g/mol. The van der Waals surface area contributed by atoms with Gasteiger partial charge in [0.2, 0.25) is 0 Å². The summed E-state index contributed by atoms with van der Waals surface area (Å²) in [5.41, 5.74) is 5.51. The molecule has 0 amide bonds. The van der Waals surface area contributed by atoms with Crippen molar-refractivity contribution in [3.05, 3.63) is 0 Å². The summed E-state index contributed by atoms with van der Waals surface area (Å²) in [7, 11) is 0. The van der Waals surface area contributed by atoms with Crippen molar-refractivity contribution in [3.8, 4) is 0 Å². The molecule has 11 heavy (non-hydrogen) atoms. The van der Waals surface area contributed by atoms with Gasteiger partial charge >= 0.3 is 0 Å². The molecular weight excluding hydrogens is 154 g/mol. The van der Waals surface area contributed by atoms with Gasteiger partial charge in [0.25, 0.3) is 0 Å². The molecule has 0 saturated heterocycles. The van der Waals surface area contributed by atoms with Crippen molar-refractivity contribution in [1.29, 1.82) is 0 Å². The molecule has 66 valence electrons. The lowest BCUT2D eigenvalue weighted by molar-refractivity contribution is 0.337. The molecule has 1 atom stereocenters. The van der Waals surface area contributed by atoms with Crippen molar-refractivity contribution in [2.75, 3.05) is 6.54 Å². The Morgan fingerprint density at radius 3 is 2.45 bits per heavy atom. The Bertz CT molecular complexity index is 99.7. The molecule has 0 aliphatic heterocycles. The number of hydrogen-bond acceptors (Lipinski definition) is 2. The summed E-state index contributed by atoms with van der Waals surface area (Å²) >= 11 is 4.42. The minimum absolute atomic E-state index is 0.443. The lowest BCUT2D eigenvalue weighted by Gasteiger charge is -2.23. The topological polar surface area (TPSA) is 26.0 Å². The summed E-state index contributed by atoms with van der Waals surface area (Å²) in [6, 6.07) is 0. The lowest BCUT2D eigenvalue weighted by Crippen LogP contribution is -2.19. The van der Waals surface area contributed by atoms with Crippen LogP contribution in [0.3, 0.4) is 0 Å². The van der Waals surface area contributed by atoms with E-state index in [2.05, 4.69) is 12.6 Å². The quantitative estimate of drug-likeness (QED) is 0.629. The van der Waals surface area contributed by atoms with Crippen molar-refractivity contribution in [3.63, 3.8) is 0 Å². The first-order valence-electron chi connectivity index (χ1n) is 4.71. The number of hydrogen-bond donors (Lipinski definition) is 2. The highest BCUT2D eigenvalue weighted by Gasteiger charge is 2.15. The number of nitrogens with two attached hydrogens (primary N) is 1. The molecule has 0 bridgehead atoms. The lowest BCUT2D eigenvalue weighted by atomic mass is 9.86. The van der Waals surface area contributed by atoms with Gasteiger partial charge in [0.15, 0.2) is 0 Å². The van der Waals surface area contributed by atoms with Crippen molar-refractivity contribution >= 4 is 12.6 Å². The smallest absolute Gasteiger partial charge is 0.0142 e. The van der Waals surface area contributed by atoms with Crippen LogP contribution >= 0.6 is 12.6 Å². The number of rotatable bonds is 3. The molecule has 2 heteroatoms. The van der Waals surface area contributed by atoms with Crippen LogP contribution in [0.4, 0.5) is 0 Å². The van der Waals surface area contributed by atoms with E-state index in [4.69, 9.17) is 5.73 Å². The molecule has 1 saturated carbocycles. The first-order chi connectivity index (χ1) is 5.33. The molecule has 0 aromatic rings. The molecule has 1 unspecified atom stereocenters. The van der Waals surface area contributed by atoms with E-state index in [0.29, 0.717) is 5.25 Å². The second kappa shape index (κ2) is 5.04. The van der Waals surface area contributed by atoms with E-state index in [1.165, 1.54) is 38.5 Å². The normalized spacial score (nSPS) is 23.5. The van der Waals surface area contributed by atoms with E-state index < -0.39 is 0 Å². The summed E-state index contributed by atoms with van der Waals surface area (Å²) in [6.45, 7) is 0.736. The van der Waals surface area contributed by atoms with E-state index in [1.54, 1.807) is 0 Å². The Morgan fingerprint density at radius 1 is 1.27 bits per heavy atom. The summed E-state index contributed by atoms with van der Waals surface area (Å²) in [5.74, 6) is 0.926. The highest BCUT2D eigenvalue weighted by Crippen LogP contribution is 2.28. The predicted octanol–water partition coefficient (Wildman–Crippen LogP) is 2.21. The molecule has 1 fully saturated rings. The van der Waals surface area contributed by atoms with Gasteiger partial charge in [-0.15, -0.1) is 0 Å². The minimum Gasteiger partial charge on any atom is -0.329 e. The molecule has 1 aliphatic rings. The van der Waals surface area contributed by atoms with Crippen molar-refractivity contribution < 1.29 is 0 Å². The Morgan fingerprint density at radius 2 is 1.91 bits per heavy atom. The van der Waals surface area contributed by atoms with Crippen LogP contribution in [0.5, 0.6) is 0 Å². The molecule has 1 rings (SSSR count). The Hall–Kier alpha value is 0.310. The van der Waals surface area contributed by atoms with Crippen LogP contribution in [-0.2, 0) is 0 Å². The van der Waals surface area contributed by atoms with E-state index in [0.717, 1.165) is 12.5 Å². The molecule has 2 N–H and O–H groups in total. The average Bonchev–Trinajstić information content (AvgIpc) is 2.06. The van der Waals surface area contributed by atoms with Gasteiger partial charge in [0, 0.05) is 11.8 Å². The highest BCUT2D eigenvalue weighted by molar-refractivity contribution is 7.81. The van der Waals surface area contributed by atoms with Crippen molar-refractivity contribution in [2.24, 2.45) is 11.7 Å². The van der Waals surface area contributed by atoms with Crippen LogP contribution in [0.2, 0.25) is 0 Å². The predicted molar refractivity (Wildman–Crippen MR) is 53.0 cm³/mol. The fourth-order valence-corrected chi connectivity index (χ4v) is 2.20. The minimum atomic E-state index is 0.443. The third kappa shape index (κ3) is 3.48. The second-order valence-corrected chi connectivity index (χ2v) is 4.36. The summed E-state index contributed by atoms with van der Waals surface area (Å²) in [5, 5.41) is 0.443. The van der Waals surface area contributed by atoms with Crippen LogP contribution < -0.4 is 5.73 Å². The van der Waals surface area contributed by atoms with E-state index in [1.807, 2.05) is 0 Å². The van der Waals surface area contributed by atoms with Gasteiger partial charge in [0.1, 0.15) is 0 Å². The Kier molecular flexibility index (Phi) is 4.31. The van der Waals surface area contributed by atoms with Gasteiger partial charge < -0.3 is 5.73 Å². The maximum Gasteiger partial charge on any atom is 0.0142 e. The maximum absolute atomic E-state index is 5.51. The third-order valence-corrected chi connectivity index (χ3v) is 3.02. The van der Waals surface area contributed by atoms with Gasteiger partial charge in [-0.05, 0) is 12.3 Å². The van der Waals surface area contributed by atoms with Crippen LogP contribution in [-0.4, -0.2) is 11.8 Å². The average molecular weight is 173 g/mol. The zero-order valence-corrected chi connectivity index (χ0v) is 8.02. The maximum atomic E-state index is 5.51. The molecule has 1 nitrogen and oxygen atoms in total. The Labute approximate surface area is 75.1 Å². The fourth-order valence-electron chi connectivity index (χ4n) is 1.90. The van der Waals surface area contributed by atoms with Crippen LogP contribution in [0.1, 0.15) is 38.5 Å². The second-order valence-electron chi connectivity index (χ2n) is 3.63. The zero-order valence-electron chi connectivity index (χ0n) is 7.13. The third-order valence-electron chi connectivity index (χ3n) is 2.60. The zero-order chi connectivity index (χ0) is 8.10. The van der Waals surface area contributed by atoms with Gasteiger partial charge in [-0.3, -0.25) is 0 Å². The van der Waals surface area contributed by atoms with Gasteiger partial charge in [-0.2, -0.15) is 12.6 Å². The van der Waals surface area contributed by atoms with Crippen LogP contribution in [0.25, 0.3) is 0 Å². The first kappa shape index (κ1) is 9.40. The molecule has 0 heterocycles. The molecule has 1 aliphatic carbocycles. The first-order valence-corrected chi connectivity index (χ1v) is 5.22. The number of thiol groups is 1. The fraction of sp³-hybridized carbons (Fsp3) is 1.00. The highest BCUT2D eigenvalue weighted by atomic mass is 32.1. The van der Waals surface area contributed by atoms with Gasteiger partial charge in [0.05, 0.1) is 0 Å². The largest absolute Gasteiger partial charge is 0.329 e. The van der Waals surface area contributed by atoms with Gasteiger partial charge in [-0.25, -0.2) is 0 Å². The summed E-state index contributed by atoms with van der Waals surface area (Å²) < 4.78 is 0. The molecule has 0 aromatic carbocycles.